The summed E-state index contributed by atoms with van der Waals surface area (Å²) in [6.45, 7) is 3.38. The number of benzene rings is 2. The number of sulfonamides is 1. The summed E-state index contributed by atoms with van der Waals surface area (Å²) in [5.74, 6) is 0.904. The van der Waals surface area contributed by atoms with Crippen LogP contribution in [0.1, 0.15) is 28.6 Å². The Morgan fingerprint density at radius 1 is 1.07 bits per heavy atom. The Bertz CT molecular complexity index is 1100. The van der Waals surface area contributed by atoms with Crippen LogP contribution in [0, 0.1) is 6.92 Å². The third kappa shape index (κ3) is 4.51. The van der Waals surface area contributed by atoms with Crippen molar-refractivity contribution >= 4 is 22.0 Å². The molecule has 6 nitrogen and oxygen atoms in total. The second-order valence-corrected chi connectivity index (χ2v) is 7.67. The molecular weight excluding hydrogens is 364 g/mol. The number of hydrogen-bond donors (Lipinski definition) is 1. The Labute approximate surface area is 157 Å². The quantitative estimate of drug-likeness (QED) is 0.399. The molecule has 138 valence electrons. The highest BCUT2D eigenvalue weighted by Gasteiger charge is 2.12. The van der Waals surface area contributed by atoms with Crippen LogP contribution in [0.5, 0.6) is 0 Å². The number of carbonyl (C=O) groups excluding carboxylic acids is 1. The lowest BCUT2D eigenvalue weighted by molar-refractivity contribution is 0.101. The van der Waals surface area contributed by atoms with Gasteiger partial charge in [0.1, 0.15) is 11.5 Å². The molecule has 1 heterocycles. The number of furan rings is 1. The summed E-state index contributed by atoms with van der Waals surface area (Å²) in [7, 11) is -3.73. The highest BCUT2D eigenvalue weighted by molar-refractivity contribution is 7.89. The largest absolute Gasteiger partial charge is 0.455 e. The molecule has 7 heteroatoms. The zero-order valence-corrected chi connectivity index (χ0v) is 15.7. The van der Waals surface area contributed by atoms with Crippen molar-refractivity contribution in [2.24, 2.45) is 5.10 Å². The maximum absolute atomic E-state index is 12.2. The van der Waals surface area contributed by atoms with E-state index >= 15 is 0 Å². The fourth-order valence-electron chi connectivity index (χ4n) is 2.40. The van der Waals surface area contributed by atoms with Gasteiger partial charge >= 0.3 is 0 Å². The van der Waals surface area contributed by atoms with Crippen LogP contribution in [-0.4, -0.2) is 20.4 Å². The average molecular weight is 382 g/mol. The van der Waals surface area contributed by atoms with Gasteiger partial charge in [-0.05, 0) is 44.2 Å². The van der Waals surface area contributed by atoms with Gasteiger partial charge in [0.15, 0.2) is 5.78 Å². The molecule has 27 heavy (non-hydrogen) atoms. The van der Waals surface area contributed by atoms with E-state index in [9.17, 15) is 13.2 Å². The Hall–Kier alpha value is -3.19. The molecule has 3 aromatic rings. The van der Waals surface area contributed by atoms with E-state index in [2.05, 4.69) is 9.93 Å². The van der Waals surface area contributed by atoms with E-state index in [4.69, 9.17) is 4.42 Å². The lowest BCUT2D eigenvalue weighted by atomic mass is 10.1. The van der Waals surface area contributed by atoms with Gasteiger partial charge in [-0.2, -0.15) is 18.4 Å². The van der Waals surface area contributed by atoms with Crippen LogP contribution in [0.15, 0.2) is 75.1 Å². The molecule has 2 aromatic carbocycles. The Morgan fingerprint density at radius 3 is 2.52 bits per heavy atom. The Morgan fingerprint density at radius 2 is 1.81 bits per heavy atom. The van der Waals surface area contributed by atoms with Gasteiger partial charge in [0.05, 0.1) is 11.1 Å². The van der Waals surface area contributed by atoms with Gasteiger partial charge in [-0.3, -0.25) is 4.79 Å². The summed E-state index contributed by atoms with van der Waals surface area (Å²) in [4.78, 5) is 13.8. The van der Waals surface area contributed by atoms with Crippen molar-refractivity contribution in [2.45, 2.75) is 18.7 Å². The first-order chi connectivity index (χ1) is 12.8. The summed E-state index contributed by atoms with van der Waals surface area (Å²) in [5, 5.41) is 3.75. The SMILES string of the molecule is CC(=O)c1cccc(-c2ccc(C=NNS(=O)(=O)c3ccc(C)cc3)o2)c1. The molecule has 0 bridgehead atoms. The molecule has 0 fully saturated rings. The van der Waals surface area contributed by atoms with E-state index in [1.165, 1.54) is 25.3 Å². The predicted molar refractivity (Wildman–Crippen MR) is 103 cm³/mol. The summed E-state index contributed by atoms with van der Waals surface area (Å²) in [6.07, 6.45) is 1.28. The fraction of sp³-hybridized carbons (Fsp3) is 0.100. The first-order valence-corrected chi connectivity index (χ1v) is 9.66. The predicted octanol–water partition coefficient (Wildman–Crippen LogP) is 3.77. The zero-order valence-electron chi connectivity index (χ0n) is 14.8. The summed E-state index contributed by atoms with van der Waals surface area (Å²) in [6, 6.07) is 16.9. The van der Waals surface area contributed by atoms with E-state index in [1.54, 1.807) is 42.5 Å². The molecule has 0 spiro atoms. The van der Waals surface area contributed by atoms with Crippen molar-refractivity contribution in [3.8, 4) is 11.3 Å². The molecule has 0 amide bonds. The van der Waals surface area contributed by atoms with Crippen molar-refractivity contribution in [1.82, 2.24) is 4.83 Å². The number of ketones is 1. The molecule has 0 aliphatic carbocycles. The molecule has 0 aliphatic heterocycles. The first kappa shape index (κ1) is 18.6. The van der Waals surface area contributed by atoms with Gasteiger partial charge in [-0.25, -0.2) is 0 Å². The van der Waals surface area contributed by atoms with E-state index < -0.39 is 10.0 Å². The smallest absolute Gasteiger partial charge is 0.276 e. The summed E-state index contributed by atoms with van der Waals surface area (Å²) in [5.41, 5.74) is 2.31. The van der Waals surface area contributed by atoms with Gasteiger partial charge in [-0.1, -0.05) is 35.9 Å². The maximum Gasteiger partial charge on any atom is 0.276 e. The van der Waals surface area contributed by atoms with E-state index in [1.807, 2.05) is 13.0 Å². The van der Waals surface area contributed by atoms with Crippen LogP contribution in [0.25, 0.3) is 11.3 Å². The second-order valence-electron chi connectivity index (χ2n) is 6.00. The molecule has 0 saturated carbocycles. The number of nitrogens with one attached hydrogen (secondary N) is 1. The topological polar surface area (TPSA) is 88.7 Å². The molecule has 0 unspecified atom stereocenters. The third-order valence-electron chi connectivity index (χ3n) is 3.88. The zero-order chi connectivity index (χ0) is 19.4. The van der Waals surface area contributed by atoms with E-state index in [0.29, 0.717) is 17.1 Å². The second kappa shape index (κ2) is 7.59. The Kier molecular flexibility index (Phi) is 5.23. The highest BCUT2D eigenvalue weighted by Crippen LogP contribution is 2.22. The first-order valence-electron chi connectivity index (χ1n) is 8.18. The van der Waals surface area contributed by atoms with Gasteiger partial charge in [0, 0.05) is 11.1 Å². The molecule has 0 radical (unpaired) electrons. The third-order valence-corrected chi connectivity index (χ3v) is 5.11. The number of aryl methyl sites for hydroxylation is 1. The number of Topliss-reactive ketones (excluding diaryl/α,β-unsaturated/α-hetero) is 1. The van der Waals surface area contributed by atoms with Gasteiger partial charge in [-0.15, -0.1) is 0 Å². The number of rotatable bonds is 6. The molecule has 1 N–H and O–H groups in total. The van der Waals surface area contributed by atoms with E-state index in [0.717, 1.165) is 11.1 Å². The van der Waals surface area contributed by atoms with Gasteiger partial charge < -0.3 is 4.42 Å². The van der Waals surface area contributed by atoms with Crippen LogP contribution in [0.4, 0.5) is 0 Å². The number of carbonyl (C=O) groups is 1. The van der Waals surface area contributed by atoms with Crippen molar-refractivity contribution in [3.63, 3.8) is 0 Å². The fourth-order valence-corrected chi connectivity index (χ4v) is 3.19. The number of hydrogen-bond acceptors (Lipinski definition) is 5. The van der Waals surface area contributed by atoms with Crippen LogP contribution < -0.4 is 4.83 Å². The monoisotopic (exact) mass is 382 g/mol. The minimum absolute atomic E-state index is 0.0318. The van der Waals surface area contributed by atoms with Gasteiger partial charge in [0.2, 0.25) is 0 Å². The van der Waals surface area contributed by atoms with Crippen LogP contribution in [0.2, 0.25) is 0 Å². The lowest BCUT2D eigenvalue weighted by Crippen LogP contribution is -2.18. The molecule has 0 atom stereocenters. The average Bonchev–Trinajstić information content (AvgIpc) is 3.11. The standard InChI is InChI=1S/C20H18N2O4S/c1-14-6-9-19(10-7-14)27(24,25)22-21-13-18-8-11-20(26-18)17-5-3-4-16(12-17)15(2)23/h3-13,22H,1-2H3. The van der Waals surface area contributed by atoms with Gasteiger partial charge in [0.25, 0.3) is 10.0 Å². The lowest BCUT2D eigenvalue weighted by Gasteiger charge is -2.03. The minimum atomic E-state index is -3.73. The highest BCUT2D eigenvalue weighted by atomic mass is 32.2. The molecule has 0 saturated heterocycles. The molecule has 3 rings (SSSR count). The van der Waals surface area contributed by atoms with Crippen molar-refractivity contribution in [2.75, 3.05) is 0 Å². The Balaban J connectivity index is 1.73. The van der Waals surface area contributed by atoms with E-state index in [-0.39, 0.29) is 10.7 Å². The molecule has 0 aliphatic rings. The van der Waals surface area contributed by atoms with Crippen LogP contribution in [0.3, 0.4) is 0 Å². The normalized spacial score (nSPS) is 11.6. The number of hydrazone groups is 1. The summed E-state index contributed by atoms with van der Waals surface area (Å²) >= 11 is 0. The van der Waals surface area contributed by atoms with Crippen molar-refractivity contribution < 1.29 is 17.6 Å². The van der Waals surface area contributed by atoms with Crippen LogP contribution in [-0.2, 0) is 10.0 Å². The number of nitrogens with zero attached hydrogens (tertiary/aromatic N) is 1. The maximum atomic E-state index is 12.2. The van der Waals surface area contributed by atoms with Crippen molar-refractivity contribution in [3.05, 3.63) is 77.6 Å². The summed E-state index contributed by atoms with van der Waals surface area (Å²) < 4.78 is 30.0. The minimum Gasteiger partial charge on any atom is -0.455 e. The van der Waals surface area contributed by atoms with Crippen molar-refractivity contribution in [1.29, 1.82) is 0 Å². The van der Waals surface area contributed by atoms with Crippen LogP contribution >= 0.6 is 0 Å². The molecule has 1 aromatic heterocycles. The molecular formula is C20H18N2O4S.